The van der Waals surface area contributed by atoms with Crippen molar-refractivity contribution >= 4 is 5.82 Å². The molecule has 0 aliphatic heterocycles. The Hall–Kier alpha value is -1.16. The molecule has 0 bridgehead atoms. The molecule has 0 atom stereocenters. The first kappa shape index (κ1) is 13.9. The van der Waals surface area contributed by atoms with Gasteiger partial charge in [0.2, 0.25) is 0 Å². The average Bonchev–Trinajstić information content (AvgIpc) is 2.37. The Kier molecular flexibility index (Phi) is 5.91. The van der Waals surface area contributed by atoms with Crippen LogP contribution >= 0.6 is 0 Å². The standard InChI is InChI=1S/C13H24N4/c1-4-11(5-2)9-17(6-3)10-12-7-16-13(14)8-15-12/h7-8,11H,4-6,9-10H2,1-3H3,(H2,14,16). The van der Waals surface area contributed by atoms with E-state index in [-0.39, 0.29) is 0 Å². The molecule has 1 heterocycles. The van der Waals surface area contributed by atoms with E-state index in [9.17, 15) is 0 Å². The summed E-state index contributed by atoms with van der Waals surface area (Å²) in [7, 11) is 0. The monoisotopic (exact) mass is 236 g/mol. The van der Waals surface area contributed by atoms with Gasteiger partial charge in [0.25, 0.3) is 0 Å². The van der Waals surface area contributed by atoms with E-state index in [0.717, 1.165) is 31.2 Å². The zero-order valence-corrected chi connectivity index (χ0v) is 11.2. The van der Waals surface area contributed by atoms with Crippen molar-refractivity contribution in [2.45, 2.75) is 40.2 Å². The van der Waals surface area contributed by atoms with Crippen LogP contribution in [0.3, 0.4) is 0 Å². The number of hydrogen-bond acceptors (Lipinski definition) is 4. The molecule has 4 nitrogen and oxygen atoms in total. The first-order valence-corrected chi connectivity index (χ1v) is 6.48. The second-order valence-corrected chi connectivity index (χ2v) is 4.44. The SMILES string of the molecule is CCC(CC)CN(CC)Cc1cnc(N)cn1. The first-order chi connectivity index (χ1) is 8.19. The molecule has 0 amide bonds. The van der Waals surface area contributed by atoms with E-state index in [4.69, 9.17) is 5.73 Å². The Balaban J connectivity index is 2.54. The predicted octanol–water partition coefficient (Wildman–Crippen LogP) is 2.32. The van der Waals surface area contributed by atoms with Crippen molar-refractivity contribution in [3.05, 3.63) is 18.1 Å². The van der Waals surface area contributed by atoms with Crippen molar-refractivity contribution in [1.82, 2.24) is 14.9 Å². The van der Waals surface area contributed by atoms with Crippen LogP contribution in [0.1, 0.15) is 39.3 Å². The Morgan fingerprint density at radius 3 is 2.35 bits per heavy atom. The summed E-state index contributed by atoms with van der Waals surface area (Å²) in [6.07, 6.45) is 5.87. The molecule has 0 spiro atoms. The zero-order valence-electron chi connectivity index (χ0n) is 11.2. The highest BCUT2D eigenvalue weighted by molar-refractivity contribution is 5.22. The van der Waals surface area contributed by atoms with Crippen LogP contribution in [-0.4, -0.2) is 28.0 Å². The summed E-state index contributed by atoms with van der Waals surface area (Å²) in [6.45, 7) is 9.74. The van der Waals surface area contributed by atoms with Gasteiger partial charge in [0.15, 0.2) is 0 Å². The second kappa shape index (κ2) is 7.22. The lowest BCUT2D eigenvalue weighted by Crippen LogP contribution is -2.29. The fourth-order valence-corrected chi connectivity index (χ4v) is 1.89. The van der Waals surface area contributed by atoms with E-state index in [0.29, 0.717) is 5.82 Å². The molecule has 2 N–H and O–H groups in total. The van der Waals surface area contributed by atoms with E-state index in [1.54, 1.807) is 12.4 Å². The molecule has 4 heteroatoms. The van der Waals surface area contributed by atoms with Gasteiger partial charge in [0.1, 0.15) is 5.82 Å². The molecule has 17 heavy (non-hydrogen) atoms. The summed E-state index contributed by atoms with van der Waals surface area (Å²) in [4.78, 5) is 10.8. The molecule has 1 rings (SSSR count). The van der Waals surface area contributed by atoms with Gasteiger partial charge in [-0.3, -0.25) is 9.88 Å². The van der Waals surface area contributed by atoms with Gasteiger partial charge < -0.3 is 5.73 Å². The fourth-order valence-electron chi connectivity index (χ4n) is 1.89. The number of nitrogen functional groups attached to an aromatic ring is 1. The van der Waals surface area contributed by atoms with Crippen LogP contribution in [0.15, 0.2) is 12.4 Å². The number of nitrogens with two attached hydrogens (primary N) is 1. The van der Waals surface area contributed by atoms with Crippen molar-refractivity contribution in [2.24, 2.45) is 5.92 Å². The third-order valence-electron chi connectivity index (χ3n) is 3.23. The lowest BCUT2D eigenvalue weighted by Gasteiger charge is -2.24. The van der Waals surface area contributed by atoms with E-state index in [2.05, 4.69) is 35.6 Å². The normalized spacial score (nSPS) is 11.4. The van der Waals surface area contributed by atoms with Gasteiger partial charge >= 0.3 is 0 Å². The number of nitrogens with zero attached hydrogens (tertiary/aromatic N) is 3. The van der Waals surface area contributed by atoms with Gasteiger partial charge in [-0.1, -0.05) is 33.6 Å². The molecule has 96 valence electrons. The van der Waals surface area contributed by atoms with E-state index in [1.165, 1.54) is 12.8 Å². The summed E-state index contributed by atoms with van der Waals surface area (Å²) in [5.41, 5.74) is 6.52. The quantitative estimate of drug-likeness (QED) is 0.789. The fraction of sp³-hybridized carbons (Fsp3) is 0.692. The molecular weight excluding hydrogens is 212 g/mol. The second-order valence-electron chi connectivity index (χ2n) is 4.44. The minimum atomic E-state index is 0.483. The molecule has 0 aromatic carbocycles. The smallest absolute Gasteiger partial charge is 0.141 e. The number of hydrogen-bond donors (Lipinski definition) is 1. The molecule has 0 unspecified atom stereocenters. The Bertz CT molecular complexity index is 306. The van der Waals surface area contributed by atoms with Crippen LogP contribution < -0.4 is 5.73 Å². The molecule has 0 saturated carbocycles. The van der Waals surface area contributed by atoms with Crippen LogP contribution in [0.25, 0.3) is 0 Å². The third kappa shape index (κ3) is 4.69. The zero-order chi connectivity index (χ0) is 12.7. The largest absolute Gasteiger partial charge is 0.382 e. The highest BCUT2D eigenvalue weighted by atomic mass is 15.1. The van der Waals surface area contributed by atoms with Gasteiger partial charge in [-0.2, -0.15) is 0 Å². The van der Waals surface area contributed by atoms with Crippen LogP contribution in [0, 0.1) is 5.92 Å². The molecular formula is C13H24N4. The van der Waals surface area contributed by atoms with Gasteiger partial charge in [-0.15, -0.1) is 0 Å². The number of rotatable bonds is 7. The summed E-state index contributed by atoms with van der Waals surface area (Å²) in [5, 5.41) is 0. The van der Waals surface area contributed by atoms with E-state index >= 15 is 0 Å². The van der Waals surface area contributed by atoms with Crippen LogP contribution in [0.2, 0.25) is 0 Å². The Morgan fingerprint density at radius 2 is 1.88 bits per heavy atom. The molecule has 0 radical (unpaired) electrons. The lowest BCUT2D eigenvalue weighted by molar-refractivity contribution is 0.224. The molecule has 0 saturated heterocycles. The van der Waals surface area contributed by atoms with Gasteiger partial charge in [-0.25, -0.2) is 4.98 Å². The Labute approximate surface area is 104 Å². The van der Waals surface area contributed by atoms with E-state index in [1.807, 2.05) is 0 Å². The molecule has 0 aliphatic rings. The third-order valence-corrected chi connectivity index (χ3v) is 3.23. The molecule has 0 aliphatic carbocycles. The minimum absolute atomic E-state index is 0.483. The first-order valence-electron chi connectivity index (χ1n) is 6.48. The summed E-state index contributed by atoms with van der Waals surface area (Å²) < 4.78 is 0. The molecule has 1 aromatic rings. The van der Waals surface area contributed by atoms with Crippen molar-refractivity contribution in [1.29, 1.82) is 0 Å². The van der Waals surface area contributed by atoms with Gasteiger partial charge in [0, 0.05) is 13.1 Å². The van der Waals surface area contributed by atoms with Gasteiger partial charge in [0.05, 0.1) is 18.1 Å². The number of anilines is 1. The summed E-state index contributed by atoms with van der Waals surface area (Å²) >= 11 is 0. The van der Waals surface area contributed by atoms with Crippen molar-refractivity contribution in [2.75, 3.05) is 18.8 Å². The van der Waals surface area contributed by atoms with E-state index < -0.39 is 0 Å². The minimum Gasteiger partial charge on any atom is -0.382 e. The lowest BCUT2D eigenvalue weighted by atomic mass is 10.0. The topological polar surface area (TPSA) is 55.0 Å². The van der Waals surface area contributed by atoms with Crippen molar-refractivity contribution in [3.63, 3.8) is 0 Å². The van der Waals surface area contributed by atoms with Gasteiger partial charge in [-0.05, 0) is 12.5 Å². The maximum absolute atomic E-state index is 5.53. The van der Waals surface area contributed by atoms with Crippen molar-refractivity contribution < 1.29 is 0 Å². The predicted molar refractivity (Wildman–Crippen MR) is 71.5 cm³/mol. The summed E-state index contributed by atoms with van der Waals surface area (Å²) in [6, 6.07) is 0. The number of aromatic nitrogens is 2. The highest BCUT2D eigenvalue weighted by Crippen LogP contribution is 2.11. The van der Waals surface area contributed by atoms with Crippen molar-refractivity contribution in [3.8, 4) is 0 Å². The average molecular weight is 236 g/mol. The molecule has 1 aromatic heterocycles. The Morgan fingerprint density at radius 1 is 1.18 bits per heavy atom. The molecule has 0 fully saturated rings. The van der Waals surface area contributed by atoms with Crippen LogP contribution in [0.4, 0.5) is 5.82 Å². The van der Waals surface area contributed by atoms with Crippen LogP contribution in [-0.2, 0) is 6.54 Å². The summed E-state index contributed by atoms with van der Waals surface area (Å²) in [5.74, 6) is 1.26. The van der Waals surface area contributed by atoms with Crippen LogP contribution in [0.5, 0.6) is 0 Å². The highest BCUT2D eigenvalue weighted by Gasteiger charge is 2.10. The maximum atomic E-state index is 5.53. The maximum Gasteiger partial charge on any atom is 0.141 e.